The van der Waals surface area contributed by atoms with Crippen molar-refractivity contribution in [1.82, 2.24) is 14.5 Å². The van der Waals surface area contributed by atoms with E-state index in [4.69, 9.17) is 22.2 Å². The molecule has 5 aromatic rings. The monoisotopic (exact) mass is 412 g/mol. The topological polar surface area (TPSA) is 46.0 Å². The molecule has 140 valence electrons. The Morgan fingerprint density at radius 3 is 2.34 bits per heavy atom. The van der Waals surface area contributed by atoms with Crippen molar-refractivity contribution in [3.8, 4) is 16.4 Å². The van der Waals surface area contributed by atoms with Gasteiger partial charge in [-0.15, -0.1) is 0 Å². The van der Waals surface area contributed by atoms with Gasteiger partial charge in [-0.3, -0.25) is 4.57 Å². The van der Waals surface area contributed by atoms with E-state index in [0.29, 0.717) is 0 Å². The zero-order valence-electron chi connectivity index (χ0n) is 15.3. The third kappa shape index (κ3) is 3.44. The van der Waals surface area contributed by atoms with E-state index in [-0.39, 0.29) is 0 Å². The first kappa shape index (κ1) is 17.7. The van der Waals surface area contributed by atoms with Crippen molar-refractivity contribution in [3.63, 3.8) is 0 Å². The first-order chi connectivity index (χ1) is 14.3. The lowest BCUT2D eigenvalue weighted by Crippen LogP contribution is -1.93. The van der Waals surface area contributed by atoms with Crippen LogP contribution in [0.4, 0.5) is 5.82 Å². The van der Waals surface area contributed by atoms with E-state index in [0.717, 1.165) is 42.8 Å². The van der Waals surface area contributed by atoms with Crippen molar-refractivity contribution in [2.75, 3.05) is 0 Å². The smallest absolute Gasteiger partial charge is 0.168 e. The summed E-state index contributed by atoms with van der Waals surface area (Å²) in [4.78, 5) is 13.9. The molecule has 4 nitrogen and oxygen atoms in total. The number of hydrogen-bond acceptors (Lipinski definition) is 4. The highest BCUT2D eigenvalue weighted by Crippen LogP contribution is 2.38. The standard InChI is InChI=1S/C23H16N4S2/c28-23-27(17-11-5-2-6-12-17)22(24-15-16-9-3-1-4-10-16)20(29-23)21-25-18-13-7-8-14-19(18)26-21/h1-15H,(H,25,26)/b24-15+. The van der Waals surface area contributed by atoms with Gasteiger partial charge in [-0.1, -0.05) is 72.0 Å². The van der Waals surface area contributed by atoms with Crippen LogP contribution in [0.5, 0.6) is 0 Å². The largest absolute Gasteiger partial charge is 0.337 e. The van der Waals surface area contributed by atoms with Crippen LogP contribution in [0.1, 0.15) is 5.56 Å². The maximum absolute atomic E-state index is 5.72. The Balaban J connectivity index is 1.72. The maximum Gasteiger partial charge on any atom is 0.168 e. The number of aliphatic imine (C=N–C) groups is 1. The number of thiazole rings is 1. The van der Waals surface area contributed by atoms with Crippen molar-refractivity contribution in [3.05, 3.63) is 94.4 Å². The summed E-state index contributed by atoms with van der Waals surface area (Å²) < 4.78 is 2.73. The number of para-hydroxylation sites is 3. The van der Waals surface area contributed by atoms with E-state index >= 15 is 0 Å². The van der Waals surface area contributed by atoms with Crippen LogP contribution in [0.15, 0.2) is 89.9 Å². The van der Waals surface area contributed by atoms with Gasteiger partial charge in [0.1, 0.15) is 4.88 Å². The van der Waals surface area contributed by atoms with Crippen molar-refractivity contribution in [2.45, 2.75) is 0 Å². The molecule has 0 saturated carbocycles. The van der Waals surface area contributed by atoms with Crippen LogP contribution in [0, 0.1) is 3.95 Å². The predicted molar refractivity (Wildman–Crippen MR) is 123 cm³/mol. The minimum Gasteiger partial charge on any atom is -0.337 e. The summed E-state index contributed by atoms with van der Waals surface area (Å²) in [5.41, 5.74) is 3.92. The fourth-order valence-electron chi connectivity index (χ4n) is 3.18. The summed E-state index contributed by atoms with van der Waals surface area (Å²) in [6, 6.07) is 28.1. The second-order valence-electron chi connectivity index (χ2n) is 6.46. The van der Waals surface area contributed by atoms with Crippen molar-refractivity contribution in [2.24, 2.45) is 4.99 Å². The molecule has 0 aliphatic heterocycles. The van der Waals surface area contributed by atoms with Crippen LogP contribution in [-0.2, 0) is 0 Å². The first-order valence-corrected chi connectivity index (χ1v) is 10.4. The molecule has 0 bridgehead atoms. The minimum atomic E-state index is 0.729. The number of nitrogens with one attached hydrogen (secondary N) is 1. The summed E-state index contributed by atoms with van der Waals surface area (Å²) in [5.74, 6) is 1.55. The third-order valence-corrected chi connectivity index (χ3v) is 5.91. The predicted octanol–water partition coefficient (Wildman–Crippen LogP) is 6.56. The molecule has 0 saturated heterocycles. The summed E-state index contributed by atoms with van der Waals surface area (Å²) in [5, 5.41) is 0. The van der Waals surface area contributed by atoms with Gasteiger partial charge in [0.25, 0.3) is 0 Å². The molecule has 0 radical (unpaired) electrons. The number of aromatic amines is 1. The van der Waals surface area contributed by atoms with Crippen LogP contribution in [0.2, 0.25) is 0 Å². The molecule has 0 fully saturated rings. The lowest BCUT2D eigenvalue weighted by Gasteiger charge is -2.06. The van der Waals surface area contributed by atoms with Gasteiger partial charge in [0, 0.05) is 11.9 Å². The molecule has 6 heteroatoms. The Kier molecular flexibility index (Phi) is 4.63. The van der Waals surface area contributed by atoms with Gasteiger partial charge in [-0.2, -0.15) is 0 Å². The number of hydrogen-bond donors (Lipinski definition) is 1. The quantitative estimate of drug-likeness (QED) is 0.268. The highest BCUT2D eigenvalue weighted by Gasteiger charge is 2.18. The van der Waals surface area contributed by atoms with Crippen molar-refractivity contribution in [1.29, 1.82) is 0 Å². The van der Waals surface area contributed by atoms with E-state index in [1.54, 1.807) is 0 Å². The number of nitrogens with zero attached hydrogens (tertiary/aromatic N) is 3. The zero-order valence-corrected chi connectivity index (χ0v) is 17.0. The van der Waals surface area contributed by atoms with Gasteiger partial charge in [-0.25, -0.2) is 9.98 Å². The second-order valence-corrected chi connectivity index (χ2v) is 8.11. The lowest BCUT2D eigenvalue weighted by atomic mass is 10.2. The molecule has 2 heterocycles. The second kappa shape index (κ2) is 7.58. The summed E-state index contributed by atoms with van der Waals surface area (Å²) in [7, 11) is 0. The van der Waals surface area contributed by atoms with E-state index in [2.05, 4.69) is 4.98 Å². The fraction of sp³-hybridized carbons (Fsp3) is 0. The van der Waals surface area contributed by atoms with Crippen molar-refractivity contribution >= 4 is 46.6 Å². The number of rotatable bonds is 4. The molecule has 0 atom stereocenters. The molecule has 0 aliphatic carbocycles. The van der Waals surface area contributed by atoms with Crippen LogP contribution < -0.4 is 0 Å². The molecule has 5 rings (SSSR count). The van der Waals surface area contributed by atoms with E-state index in [9.17, 15) is 0 Å². The van der Waals surface area contributed by atoms with Gasteiger partial charge >= 0.3 is 0 Å². The third-order valence-electron chi connectivity index (χ3n) is 4.54. The Bertz CT molecular complexity index is 1330. The highest BCUT2D eigenvalue weighted by atomic mass is 32.1. The minimum absolute atomic E-state index is 0.729. The number of imidazole rings is 1. The number of fused-ring (bicyclic) bond motifs is 1. The molecular formula is C23H16N4S2. The summed E-state index contributed by atoms with van der Waals surface area (Å²) in [6.45, 7) is 0. The zero-order chi connectivity index (χ0) is 19.6. The normalized spacial score (nSPS) is 11.4. The average molecular weight is 413 g/mol. The van der Waals surface area contributed by atoms with Crippen LogP contribution in [0.25, 0.3) is 27.4 Å². The summed E-state index contributed by atoms with van der Waals surface area (Å²) in [6.07, 6.45) is 1.86. The number of aromatic nitrogens is 3. The van der Waals surface area contributed by atoms with Crippen molar-refractivity contribution < 1.29 is 0 Å². The average Bonchev–Trinajstić information content (AvgIpc) is 3.34. The number of H-pyrrole nitrogens is 1. The summed E-state index contributed by atoms with van der Waals surface area (Å²) >= 11 is 7.23. The SMILES string of the molecule is S=c1sc(-c2nc3ccccc3[nH]2)c(/N=C/c2ccccc2)n1-c1ccccc1. The molecule has 1 N–H and O–H groups in total. The Morgan fingerprint density at radius 2 is 1.59 bits per heavy atom. The maximum atomic E-state index is 5.72. The molecule has 0 spiro atoms. The number of benzene rings is 3. The molecule has 0 unspecified atom stereocenters. The molecule has 0 aliphatic rings. The molecule has 0 amide bonds. The Morgan fingerprint density at radius 1 is 0.897 bits per heavy atom. The van der Waals surface area contributed by atoms with Crippen LogP contribution in [0.3, 0.4) is 0 Å². The van der Waals surface area contributed by atoms with Gasteiger partial charge in [0.15, 0.2) is 15.6 Å². The van der Waals surface area contributed by atoms with Gasteiger partial charge < -0.3 is 4.98 Å². The van der Waals surface area contributed by atoms with E-state index in [1.165, 1.54) is 11.3 Å². The van der Waals surface area contributed by atoms with Crippen LogP contribution in [-0.4, -0.2) is 20.7 Å². The first-order valence-electron chi connectivity index (χ1n) is 9.15. The Hall–Kier alpha value is -3.35. The fourth-order valence-corrected chi connectivity index (χ4v) is 4.51. The molecule has 2 aromatic heterocycles. The van der Waals surface area contributed by atoms with Crippen LogP contribution >= 0.6 is 23.6 Å². The van der Waals surface area contributed by atoms with E-state index < -0.39 is 0 Å². The van der Waals surface area contributed by atoms with Gasteiger partial charge in [-0.05, 0) is 42.0 Å². The highest BCUT2D eigenvalue weighted by molar-refractivity contribution is 7.73. The molecule has 3 aromatic carbocycles. The molecular weight excluding hydrogens is 396 g/mol. The van der Waals surface area contributed by atoms with Gasteiger partial charge in [0.2, 0.25) is 0 Å². The lowest BCUT2D eigenvalue weighted by molar-refractivity contribution is 1.06. The molecule has 29 heavy (non-hydrogen) atoms. The Labute approximate surface area is 176 Å². The van der Waals surface area contributed by atoms with Gasteiger partial charge in [0.05, 0.1) is 11.0 Å². The van der Waals surface area contributed by atoms with E-state index in [1.807, 2.05) is 95.7 Å².